The van der Waals surface area contributed by atoms with E-state index in [4.69, 9.17) is 15.6 Å². The SMILES string of the molecule is CC(C)(C)Oc1ccnc(C(N)CO)c1. The average Bonchev–Trinajstić information content (AvgIpc) is 2.14. The number of pyridine rings is 1. The van der Waals surface area contributed by atoms with Gasteiger partial charge in [-0.05, 0) is 26.8 Å². The summed E-state index contributed by atoms with van der Waals surface area (Å²) in [5, 5.41) is 8.91. The molecule has 1 aromatic rings. The summed E-state index contributed by atoms with van der Waals surface area (Å²) in [4.78, 5) is 4.08. The number of ether oxygens (including phenoxy) is 1. The Morgan fingerprint density at radius 2 is 2.20 bits per heavy atom. The van der Waals surface area contributed by atoms with Crippen LogP contribution in [0.15, 0.2) is 18.3 Å². The molecular weight excluding hydrogens is 192 g/mol. The van der Waals surface area contributed by atoms with Crippen molar-refractivity contribution in [3.8, 4) is 5.75 Å². The van der Waals surface area contributed by atoms with Gasteiger partial charge in [-0.15, -0.1) is 0 Å². The highest BCUT2D eigenvalue weighted by Gasteiger charge is 2.13. The molecule has 84 valence electrons. The normalized spacial score (nSPS) is 13.7. The Morgan fingerprint density at radius 1 is 1.53 bits per heavy atom. The second kappa shape index (κ2) is 4.59. The Balaban J connectivity index is 2.83. The van der Waals surface area contributed by atoms with Crippen LogP contribution in [0.1, 0.15) is 32.5 Å². The van der Waals surface area contributed by atoms with Crippen LogP contribution in [-0.4, -0.2) is 22.3 Å². The summed E-state index contributed by atoms with van der Waals surface area (Å²) in [7, 11) is 0. The minimum Gasteiger partial charge on any atom is -0.488 e. The molecule has 4 heteroatoms. The molecule has 0 bridgehead atoms. The lowest BCUT2D eigenvalue weighted by Crippen LogP contribution is -2.23. The molecular formula is C11H18N2O2. The van der Waals surface area contributed by atoms with Crippen molar-refractivity contribution in [2.75, 3.05) is 6.61 Å². The molecule has 1 heterocycles. The van der Waals surface area contributed by atoms with Crippen molar-refractivity contribution < 1.29 is 9.84 Å². The predicted octanol–water partition coefficient (Wildman–Crippen LogP) is 1.25. The fraction of sp³-hybridized carbons (Fsp3) is 0.545. The van der Waals surface area contributed by atoms with Crippen LogP contribution in [0.2, 0.25) is 0 Å². The Morgan fingerprint density at radius 3 is 2.73 bits per heavy atom. The van der Waals surface area contributed by atoms with Crippen molar-refractivity contribution in [2.24, 2.45) is 5.73 Å². The lowest BCUT2D eigenvalue weighted by atomic mass is 10.2. The molecule has 1 aromatic heterocycles. The van der Waals surface area contributed by atoms with Crippen LogP contribution in [0.3, 0.4) is 0 Å². The van der Waals surface area contributed by atoms with E-state index in [0.29, 0.717) is 5.69 Å². The molecule has 0 radical (unpaired) electrons. The highest BCUT2D eigenvalue weighted by atomic mass is 16.5. The van der Waals surface area contributed by atoms with Crippen LogP contribution in [0.4, 0.5) is 0 Å². The molecule has 0 fully saturated rings. The van der Waals surface area contributed by atoms with Crippen molar-refractivity contribution in [1.29, 1.82) is 0 Å². The van der Waals surface area contributed by atoms with Crippen LogP contribution < -0.4 is 10.5 Å². The van der Waals surface area contributed by atoms with E-state index in [-0.39, 0.29) is 12.2 Å². The van der Waals surface area contributed by atoms with Crippen molar-refractivity contribution in [2.45, 2.75) is 32.4 Å². The van der Waals surface area contributed by atoms with E-state index in [0.717, 1.165) is 5.75 Å². The third-order valence-corrected chi connectivity index (χ3v) is 1.75. The van der Waals surface area contributed by atoms with E-state index in [2.05, 4.69) is 4.98 Å². The lowest BCUT2D eigenvalue weighted by Gasteiger charge is -2.21. The first-order valence-corrected chi connectivity index (χ1v) is 4.94. The van der Waals surface area contributed by atoms with Crippen LogP contribution in [-0.2, 0) is 0 Å². The smallest absolute Gasteiger partial charge is 0.123 e. The molecule has 0 spiro atoms. The second-order valence-corrected chi connectivity index (χ2v) is 4.42. The monoisotopic (exact) mass is 210 g/mol. The number of aromatic nitrogens is 1. The van der Waals surface area contributed by atoms with Gasteiger partial charge in [0.15, 0.2) is 0 Å². The quantitative estimate of drug-likeness (QED) is 0.788. The van der Waals surface area contributed by atoms with E-state index < -0.39 is 6.04 Å². The topological polar surface area (TPSA) is 68.4 Å². The highest BCUT2D eigenvalue weighted by molar-refractivity contribution is 5.25. The van der Waals surface area contributed by atoms with Crippen LogP contribution in [0.25, 0.3) is 0 Å². The minimum absolute atomic E-state index is 0.119. The molecule has 0 aromatic carbocycles. The summed E-state index contributed by atoms with van der Waals surface area (Å²) < 4.78 is 5.66. The third-order valence-electron chi connectivity index (χ3n) is 1.75. The number of rotatable bonds is 3. The largest absolute Gasteiger partial charge is 0.488 e. The van der Waals surface area contributed by atoms with Crippen LogP contribution >= 0.6 is 0 Å². The summed E-state index contributed by atoms with van der Waals surface area (Å²) in [5.74, 6) is 0.719. The number of nitrogens with zero attached hydrogens (tertiary/aromatic N) is 1. The average molecular weight is 210 g/mol. The zero-order chi connectivity index (χ0) is 11.5. The predicted molar refractivity (Wildman–Crippen MR) is 58.6 cm³/mol. The summed E-state index contributed by atoms with van der Waals surface area (Å²) >= 11 is 0. The molecule has 15 heavy (non-hydrogen) atoms. The highest BCUT2D eigenvalue weighted by Crippen LogP contribution is 2.19. The molecule has 0 saturated carbocycles. The number of nitrogens with two attached hydrogens (primary N) is 1. The van der Waals surface area contributed by atoms with Crippen molar-refractivity contribution in [1.82, 2.24) is 4.98 Å². The molecule has 0 saturated heterocycles. The molecule has 1 atom stereocenters. The van der Waals surface area contributed by atoms with Gasteiger partial charge in [-0.25, -0.2) is 0 Å². The van der Waals surface area contributed by atoms with Crippen molar-refractivity contribution in [3.63, 3.8) is 0 Å². The molecule has 4 nitrogen and oxygen atoms in total. The van der Waals surface area contributed by atoms with Gasteiger partial charge in [0, 0.05) is 12.3 Å². The minimum atomic E-state index is -0.450. The van der Waals surface area contributed by atoms with Gasteiger partial charge in [-0.3, -0.25) is 4.98 Å². The van der Waals surface area contributed by atoms with E-state index in [1.165, 1.54) is 0 Å². The molecule has 0 aliphatic carbocycles. The Bertz CT molecular complexity index is 321. The van der Waals surface area contributed by atoms with Gasteiger partial charge in [-0.1, -0.05) is 0 Å². The fourth-order valence-corrected chi connectivity index (χ4v) is 1.14. The number of hydrogen-bond donors (Lipinski definition) is 2. The maximum absolute atomic E-state index is 8.91. The van der Waals surface area contributed by atoms with Crippen molar-refractivity contribution in [3.05, 3.63) is 24.0 Å². The maximum Gasteiger partial charge on any atom is 0.123 e. The first-order valence-electron chi connectivity index (χ1n) is 4.94. The van der Waals surface area contributed by atoms with Gasteiger partial charge < -0.3 is 15.6 Å². The fourth-order valence-electron chi connectivity index (χ4n) is 1.14. The summed E-state index contributed by atoms with van der Waals surface area (Å²) in [6.07, 6.45) is 1.63. The maximum atomic E-state index is 8.91. The van der Waals surface area contributed by atoms with E-state index in [1.807, 2.05) is 20.8 Å². The zero-order valence-electron chi connectivity index (χ0n) is 9.40. The summed E-state index contributed by atoms with van der Waals surface area (Å²) in [6.45, 7) is 5.79. The Labute approximate surface area is 90.1 Å². The van der Waals surface area contributed by atoms with Gasteiger partial charge in [0.1, 0.15) is 11.4 Å². The molecule has 0 aliphatic heterocycles. The van der Waals surface area contributed by atoms with Gasteiger partial charge in [0.25, 0.3) is 0 Å². The molecule has 1 rings (SSSR count). The van der Waals surface area contributed by atoms with E-state index in [1.54, 1.807) is 18.3 Å². The van der Waals surface area contributed by atoms with E-state index in [9.17, 15) is 0 Å². The second-order valence-electron chi connectivity index (χ2n) is 4.42. The number of hydrogen-bond acceptors (Lipinski definition) is 4. The molecule has 1 unspecified atom stereocenters. The molecule has 0 amide bonds. The van der Waals surface area contributed by atoms with Gasteiger partial charge in [0.05, 0.1) is 18.3 Å². The van der Waals surface area contributed by atoms with Crippen molar-refractivity contribution >= 4 is 0 Å². The Hall–Kier alpha value is -1.13. The molecule has 3 N–H and O–H groups in total. The van der Waals surface area contributed by atoms with E-state index >= 15 is 0 Å². The van der Waals surface area contributed by atoms with Crippen LogP contribution in [0.5, 0.6) is 5.75 Å². The number of aliphatic hydroxyl groups excluding tert-OH is 1. The van der Waals surface area contributed by atoms with Gasteiger partial charge in [0.2, 0.25) is 0 Å². The summed E-state index contributed by atoms with van der Waals surface area (Å²) in [6, 6.07) is 3.08. The number of aliphatic hydroxyl groups is 1. The first-order chi connectivity index (χ1) is 6.92. The summed E-state index contributed by atoms with van der Waals surface area (Å²) in [5.41, 5.74) is 6.05. The zero-order valence-corrected chi connectivity index (χ0v) is 9.40. The van der Waals surface area contributed by atoms with Gasteiger partial charge >= 0.3 is 0 Å². The standard InChI is InChI=1S/C11H18N2O2/c1-11(2,3)15-8-4-5-13-10(6-8)9(12)7-14/h4-6,9,14H,7,12H2,1-3H3. The molecule has 0 aliphatic rings. The third kappa shape index (κ3) is 3.85. The van der Waals surface area contributed by atoms with Gasteiger partial charge in [-0.2, -0.15) is 0 Å². The van der Waals surface area contributed by atoms with Crippen LogP contribution in [0, 0.1) is 0 Å². The lowest BCUT2D eigenvalue weighted by molar-refractivity contribution is 0.130. The first kappa shape index (κ1) is 11.9. The Kier molecular flexibility index (Phi) is 3.66.